The van der Waals surface area contributed by atoms with Crippen molar-refractivity contribution in [2.24, 2.45) is 11.8 Å². The van der Waals surface area contributed by atoms with Crippen molar-refractivity contribution in [3.8, 4) is 0 Å². The van der Waals surface area contributed by atoms with Gasteiger partial charge in [-0.1, -0.05) is 17.7 Å². The Labute approximate surface area is 174 Å². The van der Waals surface area contributed by atoms with Crippen LogP contribution in [0.2, 0.25) is 5.02 Å². The van der Waals surface area contributed by atoms with Gasteiger partial charge in [0.2, 0.25) is 5.91 Å². The van der Waals surface area contributed by atoms with E-state index in [1.165, 1.54) is 18.2 Å². The molecule has 9 heteroatoms. The summed E-state index contributed by atoms with van der Waals surface area (Å²) in [6, 6.07) is 7.65. The zero-order valence-corrected chi connectivity index (χ0v) is 16.3. The first-order valence-corrected chi connectivity index (χ1v) is 9.79. The highest BCUT2D eigenvalue weighted by atomic mass is 35.5. The van der Waals surface area contributed by atoms with Crippen LogP contribution in [0.4, 0.5) is 23.2 Å². The number of anilines is 1. The summed E-state index contributed by atoms with van der Waals surface area (Å²) in [6.07, 6.45) is -4.53. The molecule has 0 radical (unpaired) electrons. The van der Waals surface area contributed by atoms with E-state index >= 15 is 0 Å². The van der Waals surface area contributed by atoms with E-state index in [-0.39, 0.29) is 35.5 Å². The Hall–Kier alpha value is -2.61. The number of halogens is 5. The molecule has 1 heterocycles. The number of benzene rings is 2. The third kappa shape index (κ3) is 3.76. The standard InChI is InChI=1S/C21H17ClF4N2O2/c22-15-7-6-12(23)9-14(15)18-17-13(20(30)28-18)2-1-3-16(17)27-19(29)10-4-5-11(8-10)21(24,25)26/h1-3,6-7,9-11,18H,4-5,8H2,(H,27,29)(H,28,30)/t10-,11+,18-/m0/s1. The molecule has 0 aromatic heterocycles. The normalized spacial score (nSPS) is 23.2. The van der Waals surface area contributed by atoms with Gasteiger partial charge in [-0.05, 0) is 49.6 Å². The topological polar surface area (TPSA) is 58.2 Å². The monoisotopic (exact) mass is 440 g/mol. The molecule has 2 amide bonds. The van der Waals surface area contributed by atoms with E-state index < -0.39 is 41.7 Å². The fraction of sp³-hybridized carbons (Fsp3) is 0.333. The fourth-order valence-electron chi connectivity index (χ4n) is 4.19. The van der Waals surface area contributed by atoms with Gasteiger partial charge in [0.05, 0.1) is 12.0 Å². The maximum atomic E-state index is 13.8. The quantitative estimate of drug-likeness (QED) is 0.642. The van der Waals surface area contributed by atoms with Crippen molar-refractivity contribution >= 4 is 29.1 Å². The van der Waals surface area contributed by atoms with Crippen molar-refractivity contribution in [1.82, 2.24) is 5.32 Å². The second kappa shape index (κ2) is 7.58. The van der Waals surface area contributed by atoms with Gasteiger partial charge in [0.1, 0.15) is 5.82 Å². The molecule has 1 saturated carbocycles. The molecule has 2 aliphatic rings. The third-order valence-electron chi connectivity index (χ3n) is 5.71. The van der Waals surface area contributed by atoms with Crippen molar-refractivity contribution in [3.05, 3.63) is 63.9 Å². The third-order valence-corrected chi connectivity index (χ3v) is 6.05. The van der Waals surface area contributed by atoms with Crippen LogP contribution in [-0.2, 0) is 4.79 Å². The van der Waals surface area contributed by atoms with Crippen LogP contribution in [0, 0.1) is 17.7 Å². The van der Waals surface area contributed by atoms with Crippen LogP contribution < -0.4 is 10.6 Å². The molecule has 2 aromatic rings. The molecule has 30 heavy (non-hydrogen) atoms. The lowest BCUT2D eigenvalue weighted by Gasteiger charge is -2.19. The maximum Gasteiger partial charge on any atom is 0.391 e. The first-order chi connectivity index (χ1) is 14.1. The van der Waals surface area contributed by atoms with Gasteiger partial charge < -0.3 is 10.6 Å². The number of carbonyl (C=O) groups is 2. The Balaban J connectivity index is 1.63. The van der Waals surface area contributed by atoms with Gasteiger partial charge in [-0.2, -0.15) is 13.2 Å². The summed E-state index contributed by atoms with van der Waals surface area (Å²) < 4.78 is 52.6. The molecule has 0 unspecified atom stereocenters. The van der Waals surface area contributed by atoms with Crippen LogP contribution in [0.1, 0.15) is 46.8 Å². The molecule has 1 fully saturated rings. The van der Waals surface area contributed by atoms with Gasteiger partial charge in [-0.15, -0.1) is 0 Å². The summed E-state index contributed by atoms with van der Waals surface area (Å²) in [5.41, 5.74) is 1.31. The van der Waals surface area contributed by atoms with E-state index in [9.17, 15) is 27.2 Å². The average molecular weight is 441 g/mol. The minimum absolute atomic E-state index is 0.0873. The molecule has 4 nitrogen and oxygen atoms in total. The Morgan fingerprint density at radius 2 is 1.93 bits per heavy atom. The van der Waals surface area contributed by atoms with Crippen LogP contribution in [0.15, 0.2) is 36.4 Å². The minimum atomic E-state index is -4.32. The Morgan fingerprint density at radius 3 is 2.63 bits per heavy atom. The van der Waals surface area contributed by atoms with Crippen molar-refractivity contribution in [2.75, 3.05) is 5.32 Å². The van der Waals surface area contributed by atoms with Crippen LogP contribution in [0.3, 0.4) is 0 Å². The SMILES string of the molecule is O=C1N[C@@H](c2cc(F)ccc2Cl)c2c(NC(=O)[C@H]3CC[C@@H](C(F)(F)F)C3)cccc21. The van der Waals surface area contributed by atoms with E-state index in [0.29, 0.717) is 11.1 Å². The minimum Gasteiger partial charge on any atom is -0.341 e. The highest BCUT2D eigenvalue weighted by Crippen LogP contribution is 2.43. The van der Waals surface area contributed by atoms with E-state index in [4.69, 9.17) is 11.6 Å². The molecule has 1 aliphatic carbocycles. The lowest BCUT2D eigenvalue weighted by atomic mass is 9.95. The number of alkyl halides is 3. The molecule has 4 rings (SSSR count). The summed E-state index contributed by atoms with van der Waals surface area (Å²) >= 11 is 6.20. The van der Waals surface area contributed by atoms with E-state index in [0.717, 1.165) is 0 Å². The highest BCUT2D eigenvalue weighted by molar-refractivity contribution is 6.31. The lowest BCUT2D eigenvalue weighted by Crippen LogP contribution is -2.25. The number of hydrogen-bond acceptors (Lipinski definition) is 2. The number of nitrogens with one attached hydrogen (secondary N) is 2. The highest BCUT2D eigenvalue weighted by Gasteiger charge is 2.46. The summed E-state index contributed by atoms with van der Waals surface area (Å²) in [4.78, 5) is 25.1. The van der Waals surface area contributed by atoms with E-state index in [2.05, 4.69) is 10.6 Å². The van der Waals surface area contributed by atoms with Gasteiger partial charge in [-0.25, -0.2) is 4.39 Å². The molecule has 2 N–H and O–H groups in total. The molecule has 0 spiro atoms. The van der Waals surface area contributed by atoms with Gasteiger partial charge >= 0.3 is 6.18 Å². The lowest BCUT2D eigenvalue weighted by molar-refractivity contribution is -0.173. The summed E-state index contributed by atoms with van der Waals surface area (Å²) in [5.74, 6) is -3.74. The Morgan fingerprint density at radius 1 is 1.17 bits per heavy atom. The fourth-order valence-corrected chi connectivity index (χ4v) is 4.41. The van der Waals surface area contributed by atoms with Crippen LogP contribution in [0.5, 0.6) is 0 Å². The summed E-state index contributed by atoms with van der Waals surface area (Å²) in [6.45, 7) is 0. The predicted molar refractivity (Wildman–Crippen MR) is 103 cm³/mol. The summed E-state index contributed by atoms with van der Waals surface area (Å²) in [5, 5.41) is 5.63. The average Bonchev–Trinajstić information content (AvgIpc) is 3.30. The number of carbonyl (C=O) groups excluding carboxylic acids is 2. The zero-order chi connectivity index (χ0) is 21.6. The van der Waals surface area contributed by atoms with Crippen molar-refractivity contribution in [1.29, 1.82) is 0 Å². The number of rotatable bonds is 3. The predicted octanol–water partition coefficient (Wildman–Crippen LogP) is 5.23. The van der Waals surface area contributed by atoms with Gasteiger partial charge in [0.15, 0.2) is 0 Å². The van der Waals surface area contributed by atoms with Gasteiger partial charge in [0, 0.05) is 33.3 Å². The summed E-state index contributed by atoms with van der Waals surface area (Å²) in [7, 11) is 0. The molecule has 0 saturated heterocycles. The molecular formula is C21H17ClF4N2O2. The first kappa shape index (κ1) is 20.7. The molecule has 158 valence electrons. The number of hydrogen-bond donors (Lipinski definition) is 2. The van der Waals surface area contributed by atoms with E-state index in [1.54, 1.807) is 18.2 Å². The zero-order valence-electron chi connectivity index (χ0n) is 15.5. The number of amides is 2. The molecule has 3 atom stereocenters. The Bertz CT molecular complexity index is 1020. The molecule has 0 bridgehead atoms. The van der Waals surface area contributed by atoms with Crippen molar-refractivity contribution < 1.29 is 27.2 Å². The van der Waals surface area contributed by atoms with Crippen LogP contribution in [0.25, 0.3) is 0 Å². The second-order valence-electron chi connectivity index (χ2n) is 7.58. The molecule has 2 aromatic carbocycles. The molecule has 1 aliphatic heterocycles. The van der Waals surface area contributed by atoms with Gasteiger partial charge in [0.25, 0.3) is 5.91 Å². The van der Waals surface area contributed by atoms with E-state index in [1.807, 2.05) is 0 Å². The van der Waals surface area contributed by atoms with Crippen molar-refractivity contribution in [3.63, 3.8) is 0 Å². The van der Waals surface area contributed by atoms with Gasteiger partial charge in [-0.3, -0.25) is 9.59 Å². The van der Waals surface area contributed by atoms with Crippen LogP contribution in [-0.4, -0.2) is 18.0 Å². The first-order valence-electron chi connectivity index (χ1n) is 9.41. The largest absolute Gasteiger partial charge is 0.391 e. The number of fused-ring (bicyclic) bond motifs is 1. The Kier molecular flexibility index (Phi) is 5.22. The van der Waals surface area contributed by atoms with Crippen molar-refractivity contribution in [2.45, 2.75) is 31.5 Å². The molecular weight excluding hydrogens is 424 g/mol. The van der Waals surface area contributed by atoms with Crippen LogP contribution >= 0.6 is 11.6 Å². The maximum absolute atomic E-state index is 13.8. The smallest absolute Gasteiger partial charge is 0.341 e. The second-order valence-corrected chi connectivity index (χ2v) is 7.98.